The fourth-order valence-electron chi connectivity index (χ4n) is 0.914. The van der Waals surface area contributed by atoms with Gasteiger partial charge >= 0.3 is 17.0 Å². The van der Waals surface area contributed by atoms with Crippen LogP contribution in [0.5, 0.6) is 0 Å². The number of aromatic nitrogens is 1. The van der Waals surface area contributed by atoms with Crippen molar-refractivity contribution in [1.82, 2.24) is 10.3 Å². The average molecular weight is 274 g/mol. The molecule has 2 amide bonds. The molecule has 0 saturated carbocycles. The third kappa shape index (κ3) is 4.33. The van der Waals surface area contributed by atoms with Gasteiger partial charge in [-0.05, 0) is 18.3 Å². The van der Waals surface area contributed by atoms with Gasteiger partial charge in [-0.25, -0.2) is 9.78 Å². The maximum atomic E-state index is 11.3. The number of hydrogen-bond acceptors (Lipinski definition) is 7. The first-order valence-corrected chi connectivity index (χ1v) is 5.65. The van der Waals surface area contributed by atoms with Gasteiger partial charge in [0.1, 0.15) is 12.7 Å². The smallest absolute Gasteiger partial charge is 0.345 e. The minimum atomic E-state index is -0.688. The van der Waals surface area contributed by atoms with Gasteiger partial charge in [-0.15, -0.1) is 0 Å². The molecule has 0 aliphatic heterocycles. The van der Waals surface area contributed by atoms with Crippen LogP contribution in [0.3, 0.4) is 0 Å². The van der Waals surface area contributed by atoms with E-state index < -0.39 is 16.9 Å². The summed E-state index contributed by atoms with van der Waals surface area (Å²) in [5.74, 6) is -0.572. The van der Waals surface area contributed by atoms with Gasteiger partial charge in [0.05, 0.1) is 11.5 Å². The summed E-state index contributed by atoms with van der Waals surface area (Å²) >= 11 is 0.716. The van der Waals surface area contributed by atoms with Gasteiger partial charge in [-0.1, -0.05) is 0 Å². The Morgan fingerprint density at radius 2 is 2.33 bits per heavy atom. The van der Waals surface area contributed by atoms with Crippen LogP contribution in [-0.4, -0.2) is 35.1 Å². The van der Waals surface area contributed by atoms with Crippen molar-refractivity contribution in [3.05, 3.63) is 16.3 Å². The Balaban J connectivity index is 2.39. The van der Waals surface area contributed by atoms with Crippen molar-refractivity contribution in [3.8, 4) is 0 Å². The van der Waals surface area contributed by atoms with E-state index in [1.807, 2.05) is 0 Å². The van der Waals surface area contributed by atoms with Gasteiger partial charge in [0.2, 0.25) is 0 Å². The summed E-state index contributed by atoms with van der Waals surface area (Å²) < 4.78 is 4.59. The number of thiazole rings is 1. The molecule has 18 heavy (non-hydrogen) atoms. The Bertz CT molecular complexity index is 460. The largest absolute Gasteiger partial charge is 0.465 e. The fourth-order valence-corrected chi connectivity index (χ4v) is 1.54. The number of nitrogens with one attached hydrogen (secondary N) is 2. The zero-order chi connectivity index (χ0) is 13.5. The van der Waals surface area contributed by atoms with Crippen LogP contribution in [0.15, 0.2) is 6.20 Å². The number of anilines is 1. The zero-order valence-electron chi connectivity index (χ0n) is 9.34. The van der Waals surface area contributed by atoms with Crippen molar-refractivity contribution < 1.29 is 19.2 Å². The number of nitro groups is 1. The number of urea groups is 1. The van der Waals surface area contributed by atoms with Crippen molar-refractivity contribution in [2.75, 3.05) is 18.5 Å². The monoisotopic (exact) mass is 274 g/mol. The molecule has 10 heteroatoms. The molecule has 0 atom stereocenters. The van der Waals surface area contributed by atoms with Crippen LogP contribution in [0.1, 0.15) is 6.92 Å². The second-order valence-electron chi connectivity index (χ2n) is 2.87. The Labute approximate surface area is 105 Å². The Morgan fingerprint density at radius 1 is 1.61 bits per heavy atom. The van der Waals surface area contributed by atoms with Crippen molar-refractivity contribution in [1.29, 1.82) is 0 Å². The standard InChI is InChI=1S/C8H10N4O5S/c1-2-17-6(13)4-9-7(14)11-8-10-3-5(18-8)12(15)16/h3H,2,4H2,1H3,(H2,9,10,11,14). The second kappa shape index (κ2) is 6.49. The molecule has 0 aliphatic rings. The number of amides is 2. The number of ether oxygens (including phenoxy) is 1. The summed E-state index contributed by atoms with van der Waals surface area (Å²) in [6.45, 7) is 1.58. The number of esters is 1. The van der Waals surface area contributed by atoms with E-state index in [2.05, 4.69) is 20.4 Å². The number of nitrogens with zero attached hydrogens (tertiary/aromatic N) is 2. The highest BCUT2D eigenvalue weighted by Gasteiger charge is 2.13. The second-order valence-corrected chi connectivity index (χ2v) is 3.88. The first-order valence-electron chi connectivity index (χ1n) is 4.83. The first kappa shape index (κ1) is 13.8. The molecule has 0 saturated heterocycles. The van der Waals surface area contributed by atoms with E-state index in [4.69, 9.17) is 0 Å². The highest BCUT2D eigenvalue weighted by Crippen LogP contribution is 2.24. The lowest BCUT2D eigenvalue weighted by Crippen LogP contribution is -2.34. The third-order valence-corrected chi connectivity index (χ3v) is 2.46. The number of rotatable bonds is 5. The van der Waals surface area contributed by atoms with Gasteiger partial charge in [0.15, 0.2) is 5.13 Å². The van der Waals surface area contributed by atoms with Crippen LogP contribution < -0.4 is 10.6 Å². The molecular formula is C8H10N4O5S. The third-order valence-electron chi connectivity index (χ3n) is 1.59. The van der Waals surface area contributed by atoms with Crippen LogP contribution in [0.4, 0.5) is 14.9 Å². The van der Waals surface area contributed by atoms with E-state index in [0.29, 0.717) is 11.3 Å². The molecular weight excluding hydrogens is 264 g/mol. The van der Waals surface area contributed by atoms with Crippen LogP contribution in [0.2, 0.25) is 0 Å². The summed E-state index contributed by atoms with van der Waals surface area (Å²) in [7, 11) is 0. The Kier molecular flexibility index (Phi) is 4.99. The molecule has 9 nitrogen and oxygen atoms in total. The molecule has 0 aromatic carbocycles. The molecule has 1 aromatic heterocycles. The summed E-state index contributed by atoms with van der Waals surface area (Å²) in [5.41, 5.74) is 0. The van der Waals surface area contributed by atoms with Crippen molar-refractivity contribution in [2.24, 2.45) is 0 Å². The average Bonchev–Trinajstić information content (AvgIpc) is 2.75. The summed E-state index contributed by atoms with van der Waals surface area (Å²) in [6, 6.07) is -0.688. The van der Waals surface area contributed by atoms with Crippen LogP contribution >= 0.6 is 11.3 Å². The molecule has 0 spiro atoms. The SMILES string of the molecule is CCOC(=O)CNC(=O)Nc1ncc([N+](=O)[O-])s1. The highest BCUT2D eigenvalue weighted by molar-refractivity contribution is 7.18. The summed E-state index contributed by atoms with van der Waals surface area (Å²) in [6.07, 6.45) is 1.03. The molecule has 0 radical (unpaired) electrons. The van der Waals surface area contributed by atoms with E-state index in [-0.39, 0.29) is 23.3 Å². The van der Waals surface area contributed by atoms with Crippen molar-refractivity contribution in [3.63, 3.8) is 0 Å². The lowest BCUT2D eigenvalue weighted by atomic mass is 10.6. The van der Waals surface area contributed by atoms with E-state index in [0.717, 1.165) is 6.20 Å². The lowest BCUT2D eigenvalue weighted by molar-refractivity contribution is -0.380. The number of carbonyl (C=O) groups is 2. The number of hydrogen-bond donors (Lipinski definition) is 2. The Hall–Kier alpha value is -2.23. The molecule has 1 rings (SSSR count). The van der Waals surface area contributed by atoms with Crippen LogP contribution in [-0.2, 0) is 9.53 Å². The molecule has 0 bridgehead atoms. The van der Waals surface area contributed by atoms with Crippen LogP contribution in [0, 0.1) is 10.1 Å². The first-order chi connectivity index (χ1) is 8.52. The normalized spacial score (nSPS) is 9.61. The topological polar surface area (TPSA) is 123 Å². The Morgan fingerprint density at radius 3 is 2.89 bits per heavy atom. The van der Waals surface area contributed by atoms with E-state index in [9.17, 15) is 19.7 Å². The summed E-state index contributed by atoms with van der Waals surface area (Å²) in [4.78, 5) is 35.6. The lowest BCUT2D eigenvalue weighted by Gasteiger charge is -2.04. The van der Waals surface area contributed by atoms with E-state index in [1.54, 1.807) is 6.92 Å². The highest BCUT2D eigenvalue weighted by atomic mass is 32.1. The molecule has 0 aliphatic carbocycles. The molecule has 0 fully saturated rings. The van der Waals surface area contributed by atoms with Crippen LogP contribution in [0.25, 0.3) is 0 Å². The zero-order valence-corrected chi connectivity index (χ0v) is 10.2. The predicted octanol–water partition coefficient (Wildman–Crippen LogP) is 0.736. The molecule has 98 valence electrons. The van der Waals surface area contributed by atoms with Crippen molar-refractivity contribution >= 4 is 33.5 Å². The number of carbonyl (C=O) groups excluding carboxylic acids is 2. The van der Waals surface area contributed by atoms with E-state index >= 15 is 0 Å². The molecule has 0 unspecified atom stereocenters. The minimum Gasteiger partial charge on any atom is -0.465 e. The molecule has 1 aromatic rings. The quantitative estimate of drug-likeness (QED) is 0.463. The van der Waals surface area contributed by atoms with Gasteiger partial charge in [-0.3, -0.25) is 20.2 Å². The molecule has 1 heterocycles. The van der Waals surface area contributed by atoms with E-state index in [1.165, 1.54) is 0 Å². The van der Waals surface area contributed by atoms with Crippen molar-refractivity contribution in [2.45, 2.75) is 6.92 Å². The van der Waals surface area contributed by atoms with Gasteiger partial charge in [0.25, 0.3) is 0 Å². The minimum absolute atomic E-state index is 0.0723. The van der Waals surface area contributed by atoms with Gasteiger partial charge < -0.3 is 10.1 Å². The maximum absolute atomic E-state index is 11.3. The fraction of sp³-hybridized carbons (Fsp3) is 0.375. The van der Waals surface area contributed by atoms with Gasteiger partial charge in [-0.2, -0.15) is 0 Å². The summed E-state index contributed by atoms with van der Waals surface area (Å²) in [5, 5.41) is 14.7. The molecule has 2 N–H and O–H groups in total. The van der Waals surface area contributed by atoms with Gasteiger partial charge in [0, 0.05) is 0 Å². The predicted molar refractivity (Wildman–Crippen MR) is 62.4 cm³/mol. The maximum Gasteiger partial charge on any atom is 0.345 e.